The highest BCUT2D eigenvalue weighted by molar-refractivity contribution is 8.03. The van der Waals surface area contributed by atoms with Crippen molar-refractivity contribution in [1.29, 1.82) is 0 Å². The summed E-state index contributed by atoms with van der Waals surface area (Å²) >= 11 is 2.84. The molecule has 1 aromatic heterocycles. The molecule has 0 saturated carbocycles. The normalized spacial score (nSPS) is 24.9. The van der Waals surface area contributed by atoms with Gasteiger partial charge in [0.1, 0.15) is 4.21 Å². The number of hydrogen-bond donors (Lipinski definition) is 2. The van der Waals surface area contributed by atoms with E-state index in [0.717, 1.165) is 22.6 Å². The summed E-state index contributed by atoms with van der Waals surface area (Å²) in [6, 6.07) is 1.45. The maximum atomic E-state index is 11.8. The Balaban J connectivity index is 2.41. The van der Waals surface area contributed by atoms with E-state index in [0.29, 0.717) is 6.42 Å². The minimum Gasteiger partial charge on any atom is -0.348 e. The highest BCUT2D eigenvalue weighted by Gasteiger charge is 2.45. The number of carbonyl (C=O) groups is 1. The van der Waals surface area contributed by atoms with Crippen LogP contribution in [0.2, 0.25) is 0 Å². The highest BCUT2D eigenvalue weighted by atomic mass is 32.3. The topological polar surface area (TPSA) is 89.3 Å². The van der Waals surface area contributed by atoms with Crippen LogP contribution in [0.5, 0.6) is 0 Å². The molecule has 2 rings (SSSR count). The van der Waals surface area contributed by atoms with Crippen molar-refractivity contribution in [2.45, 2.75) is 59.2 Å². The summed E-state index contributed by atoms with van der Waals surface area (Å²) in [4.78, 5) is 11.8. The molecule has 0 radical (unpaired) electrons. The number of sulfonamides is 1. The van der Waals surface area contributed by atoms with Gasteiger partial charge in [0.05, 0.1) is 10.3 Å². The van der Waals surface area contributed by atoms with E-state index in [1.807, 2.05) is 0 Å². The molecule has 21 heavy (non-hydrogen) atoms. The first-order valence-electron chi connectivity index (χ1n) is 6.86. The monoisotopic (exact) mass is 348 g/mol. The predicted octanol–water partition coefficient (Wildman–Crippen LogP) is 2.63. The quantitative estimate of drug-likeness (QED) is 0.856. The van der Waals surface area contributed by atoms with Crippen molar-refractivity contribution in [1.82, 2.24) is 5.32 Å². The molecule has 2 atom stereocenters. The summed E-state index contributed by atoms with van der Waals surface area (Å²) in [6.45, 7) is 6.02. The molecule has 5 nitrogen and oxygen atoms in total. The van der Waals surface area contributed by atoms with E-state index in [1.165, 1.54) is 11.3 Å². The molecular formula is C13H20N2O3S3. The third-order valence-electron chi connectivity index (χ3n) is 3.60. The van der Waals surface area contributed by atoms with Gasteiger partial charge in [-0.25, -0.2) is 13.6 Å². The van der Waals surface area contributed by atoms with Gasteiger partial charge >= 0.3 is 0 Å². The minimum atomic E-state index is -3.70. The lowest BCUT2D eigenvalue weighted by molar-refractivity contribution is -0.121. The molecule has 0 saturated heterocycles. The van der Waals surface area contributed by atoms with Crippen molar-refractivity contribution in [3.05, 3.63) is 11.6 Å². The summed E-state index contributed by atoms with van der Waals surface area (Å²) < 4.78 is 24.0. The number of hydrogen-bond acceptors (Lipinski definition) is 5. The summed E-state index contributed by atoms with van der Waals surface area (Å²) in [5, 5.41) is 8.24. The maximum Gasteiger partial charge on any atom is 0.247 e. The molecule has 0 aromatic carbocycles. The van der Waals surface area contributed by atoms with Gasteiger partial charge in [0.2, 0.25) is 15.9 Å². The Bertz CT molecular complexity index is 654. The van der Waals surface area contributed by atoms with E-state index in [2.05, 4.69) is 19.2 Å². The third-order valence-corrected chi connectivity index (χ3v) is 7.80. The fourth-order valence-electron chi connectivity index (χ4n) is 2.57. The van der Waals surface area contributed by atoms with Crippen LogP contribution >= 0.6 is 23.1 Å². The van der Waals surface area contributed by atoms with Crippen LogP contribution in [0.15, 0.2) is 14.5 Å². The minimum absolute atomic E-state index is 0.0286. The van der Waals surface area contributed by atoms with Crippen molar-refractivity contribution in [2.75, 3.05) is 0 Å². The second-order valence-electron chi connectivity index (χ2n) is 5.37. The number of thioether (sulfide) groups is 1. The predicted molar refractivity (Wildman–Crippen MR) is 86.0 cm³/mol. The van der Waals surface area contributed by atoms with Gasteiger partial charge in [-0.2, -0.15) is 0 Å². The Kier molecular flexibility index (Phi) is 4.72. The molecule has 2 unspecified atom stereocenters. The summed E-state index contributed by atoms with van der Waals surface area (Å²) in [5.74, 6) is -0.0286. The zero-order chi connectivity index (χ0) is 15.8. The van der Waals surface area contributed by atoms with Crippen LogP contribution in [0.1, 0.15) is 51.6 Å². The average molecular weight is 349 g/mol. The molecule has 1 aliphatic rings. The third kappa shape index (κ3) is 3.28. The van der Waals surface area contributed by atoms with Crippen LogP contribution in [0, 0.1) is 0 Å². The largest absolute Gasteiger partial charge is 0.348 e. The first-order valence-corrected chi connectivity index (χ1v) is 10.0. The maximum absolute atomic E-state index is 11.8. The van der Waals surface area contributed by atoms with Crippen LogP contribution in [0.25, 0.3) is 0 Å². The number of carbonyl (C=O) groups excluding carboxylic acids is 1. The van der Waals surface area contributed by atoms with E-state index in [4.69, 9.17) is 5.14 Å². The van der Waals surface area contributed by atoms with E-state index in [-0.39, 0.29) is 20.9 Å². The molecule has 3 N–H and O–H groups in total. The standard InChI is InChI=1S/C13H20N2O3S3/c1-4-6-13(3)11(15-9(16)5-2)8-7-10(21(14,17)18)19-12(8)20-13/h7,11H,4-6H2,1-3H3,(H,15,16)(H2,14,17,18). The zero-order valence-corrected chi connectivity index (χ0v) is 14.8. The van der Waals surface area contributed by atoms with Crippen LogP contribution < -0.4 is 10.5 Å². The Labute approximate surface area is 133 Å². The van der Waals surface area contributed by atoms with Crippen LogP contribution in [-0.4, -0.2) is 19.1 Å². The summed E-state index contributed by atoms with van der Waals surface area (Å²) in [6.07, 6.45) is 2.35. The molecule has 1 amide bonds. The van der Waals surface area contributed by atoms with Crippen LogP contribution in [0.3, 0.4) is 0 Å². The van der Waals surface area contributed by atoms with Gasteiger partial charge in [-0.3, -0.25) is 4.79 Å². The van der Waals surface area contributed by atoms with Crippen molar-refractivity contribution >= 4 is 39.0 Å². The molecule has 0 aliphatic carbocycles. The van der Waals surface area contributed by atoms with Gasteiger partial charge in [0.15, 0.2) is 0 Å². The lowest BCUT2D eigenvalue weighted by Gasteiger charge is -2.31. The molecule has 0 spiro atoms. The highest BCUT2D eigenvalue weighted by Crippen LogP contribution is 2.57. The Morgan fingerprint density at radius 2 is 2.14 bits per heavy atom. The smallest absolute Gasteiger partial charge is 0.247 e. The van der Waals surface area contributed by atoms with Gasteiger partial charge in [-0.05, 0) is 19.4 Å². The molecular weight excluding hydrogens is 328 g/mol. The van der Waals surface area contributed by atoms with Crippen molar-refractivity contribution in [3.8, 4) is 0 Å². The number of amides is 1. The zero-order valence-electron chi connectivity index (χ0n) is 12.3. The molecule has 0 bridgehead atoms. The number of fused-ring (bicyclic) bond motifs is 1. The van der Waals surface area contributed by atoms with E-state index < -0.39 is 10.0 Å². The van der Waals surface area contributed by atoms with E-state index in [9.17, 15) is 13.2 Å². The second-order valence-corrected chi connectivity index (χ2v) is 10.0. The molecule has 1 aromatic rings. The number of nitrogens with one attached hydrogen (secondary N) is 1. The van der Waals surface area contributed by atoms with Gasteiger partial charge in [-0.1, -0.05) is 20.3 Å². The van der Waals surface area contributed by atoms with E-state index >= 15 is 0 Å². The van der Waals surface area contributed by atoms with Gasteiger partial charge < -0.3 is 5.32 Å². The SMILES string of the molecule is CCCC1(C)Sc2sc(S(N)(=O)=O)cc2C1NC(=O)CC. The van der Waals surface area contributed by atoms with Crippen molar-refractivity contribution in [3.63, 3.8) is 0 Å². The average Bonchev–Trinajstić information content (AvgIpc) is 2.87. The van der Waals surface area contributed by atoms with Gasteiger partial charge in [-0.15, -0.1) is 23.1 Å². The molecule has 118 valence electrons. The Morgan fingerprint density at radius 1 is 1.48 bits per heavy atom. The lowest BCUT2D eigenvalue weighted by atomic mass is 9.91. The van der Waals surface area contributed by atoms with E-state index in [1.54, 1.807) is 24.8 Å². The summed E-state index contributed by atoms with van der Waals surface area (Å²) in [7, 11) is -3.70. The first-order chi connectivity index (χ1) is 9.71. The first kappa shape index (κ1) is 16.8. The van der Waals surface area contributed by atoms with Crippen molar-refractivity contribution in [2.24, 2.45) is 5.14 Å². The lowest BCUT2D eigenvalue weighted by Crippen LogP contribution is -2.39. The summed E-state index contributed by atoms with van der Waals surface area (Å²) in [5.41, 5.74) is 0.881. The van der Waals surface area contributed by atoms with Gasteiger partial charge in [0, 0.05) is 16.7 Å². The second kappa shape index (κ2) is 5.91. The fraction of sp³-hybridized carbons (Fsp3) is 0.615. The number of rotatable bonds is 5. The Hall–Kier alpha value is -0.570. The van der Waals surface area contributed by atoms with Crippen LogP contribution in [0.4, 0.5) is 0 Å². The fourth-order valence-corrected chi connectivity index (χ4v) is 6.73. The van der Waals surface area contributed by atoms with Gasteiger partial charge in [0.25, 0.3) is 0 Å². The van der Waals surface area contributed by atoms with Crippen molar-refractivity contribution < 1.29 is 13.2 Å². The number of primary sulfonamides is 1. The molecule has 2 heterocycles. The molecule has 8 heteroatoms. The number of nitrogens with two attached hydrogens (primary N) is 1. The molecule has 0 fully saturated rings. The van der Waals surface area contributed by atoms with Crippen LogP contribution in [-0.2, 0) is 14.8 Å². The number of thiophene rings is 1. The molecule has 1 aliphatic heterocycles. The Morgan fingerprint density at radius 3 is 2.67 bits per heavy atom.